The number of aliphatic hydroxyl groups is 1. The van der Waals surface area contributed by atoms with Crippen LogP contribution in [0.2, 0.25) is 0 Å². The standard InChI is InChI=1S/C17H28F2N2S.C11H8N2O.CH4O/c1-13-10-21(9-8-14-6-4-3-5-7-14)11-15(20-2)17(13)22-12-16(18)19;1-12-11(14)9-4-2-6-10-8(9)5-3-7-13-10;1-2/h13-14,16H,2-12H2,1H3;2-7H,1H2;2H,1H3. The second-order valence-electron chi connectivity index (χ2n) is 9.44. The Balaban J connectivity index is 0.000000272. The van der Waals surface area contributed by atoms with Crippen LogP contribution in [0.1, 0.15) is 55.8 Å². The second-order valence-corrected chi connectivity index (χ2v) is 10.5. The van der Waals surface area contributed by atoms with Crippen LogP contribution >= 0.6 is 11.8 Å². The van der Waals surface area contributed by atoms with E-state index in [1.54, 1.807) is 24.4 Å². The summed E-state index contributed by atoms with van der Waals surface area (Å²) in [5, 5.41) is 7.81. The molecule has 6 nitrogen and oxygen atoms in total. The normalized spacial score (nSPS) is 18.3. The third-order valence-corrected chi connectivity index (χ3v) is 8.16. The number of nitrogens with zero attached hydrogens (tertiary/aromatic N) is 4. The van der Waals surface area contributed by atoms with Crippen LogP contribution in [0, 0.1) is 11.8 Å². The van der Waals surface area contributed by atoms with E-state index >= 15 is 0 Å². The van der Waals surface area contributed by atoms with Crippen molar-refractivity contribution in [2.75, 3.05) is 32.5 Å². The Kier molecular flexibility index (Phi) is 14.3. The van der Waals surface area contributed by atoms with E-state index in [0.29, 0.717) is 5.56 Å². The lowest BCUT2D eigenvalue weighted by atomic mass is 9.87. The number of hydrogen-bond acceptors (Lipinski definition) is 6. The maximum Gasteiger partial charge on any atom is 0.277 e. The van der Waals surface area contributed by atoms with Crippen molar-refractivity contribution in [2.45, 2.75) is 51.9 Å². The molecule has 38 heavy (non-hydrogen) atoms. The van der Waals surface area contributed by atoms with Crippen molar-refractivity contribution >= 4 is 42.0 Å². The van der Waals surface area contributed by atoms with Crippen LogP contribution in [-0.4, -0.2) is 73.3 Å². The van der Waals surface area contributed by atoms with Crippen molar-refractivity contribution in [3.8, 4) is 0 Å². The van der Waals surface area contributed by atoms with E-state index in [-0.39, 0.29) is 17.6 Å². The third kappa shape index (κ3) is 9.67. The quantitative estimate of drug-likeness (QED) is 0.382. The number of aromatic nitrogens is 1. The predicted octanol–water partition coefficient (Wildman–Crippen LogP) is 6.50. The van der Waals surface area contributed by atoms with E-state index in [9.17, 15) is 13.6 Å². The maximum absolute atomic E-state index is 12.5. The predicted molar refractivity (Wildman–Crippen MR) is 156 cm³/mol. The molecule has 2 aliphatic rings. The van der Waals surface area contributed by atoms with Gasteiger partial charge in [-0.15, -0.1) is 11.8 Å². The zero-order valence-corrected chi connectivity index (χ0v) is 23.3. The minimum atomic E-state index is -2.26. The maximum atomic E-state index is 12.5. The fourth-order valence-electron chi connectivity index (χ4n) is 5.00. The highest BCUT2D eigenvalue weighted by Gasteiger charge is 2.26. The minimum absolute atomic E-state index is 0.138. The van der Waals surface area contributed by atoms with E-state index in [2.05, 4.69) is 40.2 Å². The van der Waals surface area contributed by atoms with Crippen molar-refractivity contribution in [3.05, 3.63) is 52.7 Å². The minimum Gasteiger partial charge on any atom is -0.400 e. The van der Waals surface area contributed by atoms with Crippen molar-refractivity contribution < 1.29 is 18.7 Å². The Morgan fingerprint density at radius 2 is 1.92 bits per heavy atom. The first-order valence-corrected chi connectivity index (χ1v) is 14.0. The zero-order valence-electron chi connectivity index (χ0n) is 22.5. The number of carbonyl (C=O) groups is 1. The van der Waals surface area contributed by atoms with Gasteiger partial charge in [0, 0.05) is 42.6 Å². The van der Waals surface area contributed by atoms with Crippen LogP contribution in [0.5, 0.6) is 0 Å². The van der Waals surface area contributed by atoms with Crippen LogP contribution in [-0.2, 0) is 0 Å². The van der Waals surface area contributed by atoms with Gasteiger partial charge in [-0.3, -0.25) is 19.7 Å². The molecule has 1 aromatic carbocycles. The summed E-state index contributed by atoms with van der Waals surface area (Å²) < 4.78 is 24.9. The molecule has 1 aromatic heterocycles. The molecule has 1 amide bonds. The highest BCUT2D eigenvalue weighted by atomic mass is 32.2. The van der Waals surface area contributed by atoms with Crippen LogP contribution in [0.15, 0.2) is 57.1 Å². The summed E-state index contributed by atoms with van der Waals surface area (Å²) in [5.74, 6) is 0.705. The number of rotatable bonds is 8. The van der Waals surface area contributed by atoms with E-state index in [4.69, 9.17) is 5.11 Å². The molecule has 0 spiro atoms. The average molecular weight is 547 g/mol. The second kappa shape index (κ2) is 17.2. The van der Waals surface area contributed by atoms with Crippen molar-refractivity contribution in [1.82, 2.24) is 9.88 Å². The van der Waals surface area contributed by atoms with Gasteiger partial charge in [-0.25, -0.2) is 13.8 Å². The summed E-state index contributed by atoms with van der Waals surface area (Å²) in [5.41, 5.74) is 2.25. The van der Waals surface area contributed by atoms with E-state index in [0.717, 1.165) is 54.2 Å². The molecule has 0 saturated heterocycles. The lowest BCUT2D eigenvalue weighted by Gasteiger charge is -2.34. The van der Waals surface area contributed by atoms with E-state index in [1.807, 2.05) is 12.1 Å². The third-order valence-electron chi connectivity index (χ3n) is 6.79. The number of amides is 1. The number of pyridine rings is 1. The van der Waals surface area contributed by atoms with Crippen LogP contribution in [0.25, 0.3) is 10.9 Å². The van der Waals surface area contributed by atoms with Crippen molar-refractivity contribution in [2.24, 2.45) is 21.8 Å². The van der Waals surface area contributed by atoms with Crippen molar-refractivity contribution in [3.63, 3.8) is 0 Å². The molecule has 4 rings (SSSR count). The Morgan fingerprint density at radius 3 is 2.58 bits per heavy atom. The van der Waals surface area contributed by atoms with Gasteiger partial charge in [-0.2, -0.15) is 0 Å². The number of aliphatic imine (C=N–C) groups is 2. The molecule has 1 fully saturated rings. The van der Waals surface area contributed by atoms with Gasteiger partial charge in [0.25, 0.3) is 5.91 Å². The summed E-state index contributed by atoms with van der Waals surface area (Å²) >= 11 is 1.26. The number of halogens is 2. The van der Waals surface area contributed by atoms with Crippen LogP contribution in [0.4, 0.5) is 8.78 Å². The first-order chi connectivity index (χ1) is 18.4. The average Bonchev–Trinajstić information content (AvgIpc) is 2.96. The summed E-state index contributed by atoms with van der Waals surface area (Å²) in [4.78, 5) is 26.5. The summed E-state index contributed by atoms with van der Waals surface area (Å²) in [7, 11) is 1.00. The van der Waals surface area contributed by atoms with Gasteiger partial charge in [0.15, 0.2) is 0 Å². The fraction of sp³-hybridized carbons (Fsp3) is 0.517. The molecular weight excluding hydrogens is 506 g/mol. The van der Waals surface area contributed by atoms with Crippen LogP contribution < -0.4 is 0 Å². The smallest absolute Gasteiger partial charge is 0.277 e. The van der Waals surface area contributed by atoms with Gasteiger partial charge in [0.2, 0.25) is 6.43 Å². The summed E-state index contributed by atoms with van der Waals surface area (Å²) in [6, 6.07) is 9.01. The molecule has 1 N–H and O–H groups in total. The number of carbonyl (C=O) groups excluding carboxylic acids is 1. The summed E-state index contributed by atoms with van der Waals surface area (Å²) in [6.45, 7) is 11.8. The molecular formula is C29H40F2N4O2S. The lowest BCUT2D eigenvalue weighted by molar-refractivity contribution is 0.101. The van der Waals surface area contributed by atoms with E-state index in [1.165, 1.54) is 50.3 Å². The molecule has 2 aromatic rings. The largest absolute Gasteiger partial charge is 0.400 e. The fourth-order valence-corrected chi connectivity index (χ4v) is 5.96. The molecule has 1 atom stereocenters. The van der Waals surface area contributed by atoms with Gasteiger partial charge in [0.05, 0.1) is 22.5 Å². The molecule has 1 saturated carbocycles. The Morgan fingerprint density at radius 1 is 1.18 bits per heavy atom. The molecule has 1 unspecified atom stereocenters. The molecule has 0 radical (unpaired) electrons. The molecule has 0 bridgehead atoms. The van der Waals surface area contributed by atoms with Crippen molar-refractivity contribution in [1.29, 1.82) is 0 Å². The van der Waals surface area contributed by atoms with Gasteiger partial charge < -0.3 is 5.11 Å². The monoisotopic (exact) mass is 546 g/mol. The van der Waals surface area contributed by atoms with Gasteiger partial charge in [-0.1, -0.05) is 51.2 Å². The van der Waals surface area contributed by atoms with Gasteiger partial charge >= 0.3 is 0 Å². The van der Waals surface area contributed by atoms with Gasteiger partial charge in [-0.05, 0) is 50.5 Å². The van der Waals surface area contributed by atoms with Gasteiger partial charge in [0.1, 0.15) is 0 Å². The van der Waals surface area contributed by atoms with Crippen LogP contribution in [0.3, 0.4) is 0 Å². The Hall–Kier alpha value is -2.49. The number of hydrogen-bond donors (Lipinski definition) is 1. The molecule has 1 aliphatic carbocycles. The first kappa shape index (κ1) is 31.7. The number of alkyl halides is 2. The zero-order chi connectivity index (χ0) is 27.9. The number of fused-ring (bicyclic) bond motifs is 1. The first-order valence-electron chi connectivity index (χ1n) is 13.1. The molecule has 2 heterocycles. The topological polar surface area (TPSA) is 78.2 Å². The molecule has 208 valence electrons. The highest BCUT2D eigenvalue weighted by molar-refractivity contribution is 8.03. The number of thioether (sulfide) groups is 1. The lowest BCUT2D eigenvalue weighted by Crippen LogP contribution is -2.37. The molecule has 1 aliphatic heterocycles. The molecule has 9 heteroatoms. The Bertz CT molecular complexity index is 1070. The number of benzene rings is 1. The summed E-state index contributed by atoms with van der Waals surface area (Å²) in [6.07, 6.45) is 7.61. The highest BCUT2D eigenvalue weighted by Crippen LogP contribution is 2.35. The Labute approximate surface area is 229 Å². The SMILES string of the molecule is C=NC(=O)c1cccc2ncccc12.C=NC1=C(SCC(F)F)C(C)CN(CCC2CCCCC2)C1.CO. The number of aliphatic hydroxyl groups excluding tert-OH is 1. The van der Waals surface area contributed by atoms with E-state index < -0.39 is 6.43 Å².